The Bertz CT molecular complexity index is 1190. The van der Waals surface area contributed by atoms with Gasteiger partial charge >= 0.3 is 0 Å². The predicted molar refractivity (Wildman–Crippen MR) is 119 cm³/mol. The minimum atomic E-state index is -3.08. The van der Waals surface area contributed by atoms with Crippen LogP contribution in [0, 0.1) is 20.8 Å². The van der Waals surface area contributed by atoms with E-state index in [1.807, 2.05) is 63.2 Å². The van der Waals surface area contributed by atoms with E-state index in [0.29, 0.717) is 12.1 Å². The zero-order valence-electron chi connectivity index (χ0n) is 17.3. The predicted octanol–water partition coefficient (Wildman–Crippen LogP) is 4.09. The number of aryl methyl sites for hydroxylation is 3. The van der Waals surface area contributed by atoms with Crippen LogP contribution in [-0.4, -0.2) is 35.6 Å². The largest absolute Gasteiger partial charge is 0.321 e. The molecule has 0 aliphatic carbocycles. The van der Waals surface area contributed by atoms with Crippen LogP contribution >= 0.6 is 0 Å². The quantitative estimate of drug-likeness (QED) is 0.685. The van der Waals surface area contributed by atoms with Crippen molar-refractivity contribution in [3.05, 3.63) is 70.9 Å². The summed E-state index contributed by atoms with van der Waals surface area (Å²) in [6.07, 6.45) is 0.501. The van der Waals surface area contributed by atoms with Gasteiger partial charge in [-0.05, 0) is 62.1 Å². The molecule has 0 bridgehead atoms. The van der Waals surface area contributed by atoms with Crippen molar-refractivity contribution in [3.63, 3.8) is 0 Å². The molecule has 6 nitrogen and oxygen atoms in total. The van der Waals surface area contributed by atoms with E-state index in [1.165, 1.54) is 0 Å². The van der Waals surface area contributed by atoms with E-state index in [0.717, 1.165) is 27.9 Å². The summed E-state index contributed by atoms with van der Waals surface area (Å²) < 4.78 is 25.8. The molecule has 1 fully saturated rings. The van der Waals surface area contributed by atoms with Gasteiger partial charge in [0.2, 0.25) is 0 Å². The van der Waals surface area contributed by atoms with Crippen LogP contribution in [0.5, 0.6) is 0 Å². The Kier molecular flexibility index (Phi) is 5.24. The molecule has 4 rings (SSSR count). The lowest BCUT2D eigenvalue weighted by molar-refractivity contribution is 0.102. The van der Waals surface area contributed by atoms with Gasteiger partial charge in [-0.15, -0.1) is 0 Å². The smallest absolute Gasteiger partial charge is 0.276 e. The summed E-state index contributed by atoms with van der Waals surface area (Å²) in [5.41, 5.74) is 5.90. The van der Waals surface area contributed by atoms with Gasteiger partial charge < -0.3 is 5.32 Å². The standard InChI is InChI=1S/C23H25N3O3S/c1-15-4-6-18(7-5-15)22-13-21(25-26(22)20-8-9-30(28,29)14-20)23(27)24-19-11-16(2)10-17(3)12-19/h4-7,10-13,20H,8-9,14H2,1-3H3,(H,24,27)/t20-/m0/s1. The number of rotatable bonds is 4. The highest BCUT2D eigenvalue weighted by molar-refractivity contribution is 7.91. The van der Waals surface area contributed by atoms with Crippen LogP contribution in [0.1, 0.15) is 39.6 Å². The van der Waals surface area contributed by atoms with E-state index in [1.54, 1.807) is 10.7 Å². The number of aromatic nitrogens is 2. The van der Waals surface area contributed by atoms with Crippen molar-refractivity contribution >= 4 is 21.4 Å². The van der Waals surface area contributed by atoms with Crippen LogP contribution in [-0.2, 0) is 9.84 Å². The minimum Gasteiger partial charge on any atom is -0.321 e. The Morgan fingerprint density at radius 1 is 1.00 bits per heavy atom. The third-order valence-corrected chi connectivity index (χ3v) is 7.10. The number of benzene rings is 2. The molecule has 30 heavy (non-hydrogen) atoms. The number of carbonyl (C=O) groups excluding carboxylic acids is 1. The van der Waals surface area contributed by atoms with Gasteiger partial charge in [0, 0.05) is 5.69 Å². The molecule has 2 heterocycles. The maximum atomic E-state index is 12.9. The highest BCUT2D eigenvalue weighted by atomic mass is 32.2. The molecule has 3 aromatic rings. The fourth-order valence-electron chi connectivity index (χ4n) is 3.93. The number of anilines is 1. The second-order valence-electron chi connectivity index (χ2n) is 8.11. The Hall–Kier alpha value is -2.93. The summed E-state index contributed by atoms with van der Waals surface area (Å²) in [4.78, 5) is 12.9. The Morgan fingerprint density at radius 3 is 2.27 bits per heavy atom. The van der Waals surface area contributed by atoms with Crippen molar-refractivity contribution in [1.29, 1.82) is 0 Å². The summed E-state index contributed by atoms with van der Waals surface area (Å²) in [6, 6.07) is 15.3. The van der Waals surface area contributed by atoms with E-state index in [9.17, 15) is 13.2 Å². The average Bonchev–Trinajstić information content (AvgIpc) is 3.25. The van der Waals surface area contributed by atoms with E-state index in [4.69, 9.17) is 0 Å². The third kappa shape index (κ3) is 4.31. The second kappa shape index (κ2) is 7.72. The molecular formula is C23H25N3O3S. The summed E-state index contributed by atoms with van der Waals surface area (Å²) in [6.45, 7) is 5.97. The highest BCUT2D eigenvalue weighted by Crippen LogP contribution is 2.30. The van der Waals surface area contributed by atoms with Gasteiger partial charge in [-0.1, -0.05) is 35.9 Å². The molecule has 1 aliphatic heterocycles. The minimum absolute atomic E-state index is 0.0473. The average molecular weight is 424 g/mol. The number of sulfone groups is 1. The molecule has 0 spiro atoms. The SMILES string of the molecule is Cc1ccc(-c2cc(C(=O)Nc3cc(C)cc(C)c3)nn2[C@H]2CCS(=O)(=O)C2)cc1. The molecule has 0 unspecified atom stereocenters. The molecule has 2 aromatic carbocycles. The summed E-state index contributed by atoms with van der Waals surface area (Å²) in [7, 11) is -3.08. The van der Waals surface area contributed by atoms with Crippen LogP contribution in [0.15, 0.2) is 48.5 Å². The zero-order chi connectivity index (χ0) is 21.5. The Morgan fingerprint density at radius 2 is 1.67 bits per heavy atom. The van der Waals surface area contributed by atoms with Gasteiger partial charge in [-0.25, -0.2) is 8.42 Å². The molecule has 0 radical (unpaired) electrons. The summed E-state index contributed by atoms with van der Waals surface area (Å²) in [5, 5.41) is 7.45. The number of carbonyl (C=O) groups is 1. The van der Waals surface area contributed by atoms with Crippen molar-refractivity contribution < 1.29 is 13.2 Å². The first kappa shape index (κ1) is 20.3. The van der Waals surface area contributed by atoms with Crippen molar-refractivity contribution in [2.24, 2.45) is 0 Å². The topological polar surface area (TPSA) is 81.1 Å². The fourth-order valence-corrected chi connectivity index (χ4v) is 5.63. The van der Waals surface area contributed by atoms with E-state index < -0.39 is 9.84 Å². The Labute approximate surface area is 176 Å². The van der Waals surface area contributed by atoms with Crippen LogP contribution in [0.3, 0.4) is 0 Å². The van der Waals surface area contributed by atoms with Gasteiger partial charge in [0.1, 0.15) is 0 Å². The maximum absolute atomic E-state index is 12.9. The van der Waals surface area contributed by atoms with E-state index >= 15 is 0 Å². The van der Waals surface area contributed by atoms with Gasteiger partial charge in [0.05, 0.1) is 23.2 Å². The van der Waals surface area contributed by atoms with Crippen LogP contribution < -0.4 is 5.32 Å². The van der Waals surface area contributed by atoms with E-state index in [2.05, 4.69) is 10.4 Å². The van der Waals surface area contributed by atoms with Gasteiger partial charge in [-0.3, -0.25) is 9.48 Å². The van der Waals surface area contributed by atoms with Gasteiger partial charge in [-0.2, -0.15) is 5.10 Å². The third-order valence-electron chi connectivity index (χ3n) is 5.35. The summed E-state index contributed by atoms with van der Waals surface area (Å²) >= 11 is 0. The molecule has 1 N–H and O–H groups in total. The lowest BCUT2D eigenvalue weighted by atomic mass is 10.1. The first-order valence-electron chi connectivity index (χ1n) is 9.97. The zero-order valence-corrected chi connectivity index (χ0v) is 18.2. The van der Waals surface area contributed by atoms with Crippen molar-refractivity contribution in [1.82, 2.24) is 9.78 Å². The van der Waals surface area contributed by atoms with E-state index in [-0.39, 0.29) is 29.1 Å². The van der Waals surface area contributed by atoms with Crippen LogP contribution in [0.2, 0.25) is 0 Å². The number of nitrogens with one attached hydrogen (secondary N) is 1. The number of amides is 1. The normalized spacial score (nSPS) is 17.8. The molecule has 7 heteroatoms. The van der Waals surface area contributed by atoms with Crippen LogP contribution in [0.4, 0.5) is 5.69 Å². The number of hydrogen-bond acceptors (Lipinski definition) is 4. The number of hydrogen-bond donors (Lipinski definition) is 1. The van der Waals surface area contributed by atoms with Gasteiger partial charge in [0.25, 0.3) is 5.91 Å². The first-order valence-corrected chi connectivity index (χ1v) is 11.8. The van der Waals surface area contributed by atoms with Crippen molar-refractivity contribution in [2.75, 3.05) is 16.8 Å². The Balaban J connectivity index is 1.71. The molecule has 1 aromatic heterocycles. The van der Waals surface area contributed by atoms with Crippen LogP contribution in [0.25, 0.3) is 11.3 Å². The second-order valence-corrected chi connectivity index (χ2v) is 10.3. The molecule has 1 saturated heterocycles. The highest BCUT2D eigenvalue weighted by Gasteiger charge is 2.32. The lowest BCUT2D eigenvalue weighted by Gasteiger charge is -2.13. The maximum Gasteiger partial charge on any atom is 0.276 e. The molecular weight excluding hydrogens is 398 g/mol. The first-order chi connectivity index (χ1) is 14.2. The lowest BCUT2D eigenvalue weighted by Crippen LogP contribution is -2.16. The molecule has 0 saturated carbocycles. The van der Waals surface area contributed by atoms with Crippen molar-refractivity contribution in [2.45, 2.75) is 33.2 Å². The van der Waals surface area contributed by atoms with Gasteiger partial charge in [0.15, 0.2) is 15.5 Å². The number of nitrogens with zero attached hydrogens (tertiary/aromatic N) is 2. The molecule has 156 valence electrons. The fraction of sp³-hybridized carbons (Fsp3) is 0.304. The molecule has 1 aliphatic rings. The summed E-state index contributed by atoms with van der Waals surface area (Å²) in [5.74, 6) is -0.117. The monoisotopic (exact) mass is 423 g/mol. The van der Waals surface area contributed by atoms with Crippen molar-refractivity contribution in [3.8, 4) is 11.3 Å². The molecule has 1 atom stereocenters. The molecule has 1 amide bonds.